The van der Waals surface area contributed by atoms with Crippen molar-refractivity contribution >= 4 is 5.97 Å². The zero-order valence-corrected chi connectivity index (χ0v) is 16.4. The first kappa shape index (κ1) is 21.6. The van der Waals surface area contributed by atoms with Gasteiger partial charge in [0.25, 0.3) is 6.79 Å². The molecule has 0 unspecified atom stereocenters. The van der Waals surface area contributed by atoms with Crippen LogP contribution in [0.25, 0.3) is 0 Å². The molecule has 0 amide bonds. The molecule has 5 nitrogen and oxygen atoms in total. The predicted molar refractivity (Wildman–Crippen MR) is 104 cm³/mol. The van der Waals surface area contributed by atoms with Crippen LogP contribution >= 0.6 is 0 Å². The molecule has 0 saturated heterocycles. The zero-order chi connectivity index (χ0) is 19.6. The summed E-state index contributed by atoms with van der Waals surface area (Å²) in [6.07, 6.45) is 15.0. The van der Waals surface area contributed by atoms with Gasteiger partial charge in [0.05, 0.1) is 0 Å². The van der Waals surface area contributed by atoms with Gasteiger partial charge in [-0.15, -0.1) is 4.91 Å². The van der Waals surface area contributed by atoms with E-state index in [1.54, 1.807) is 6.92 Å². The summed E-state index contributed by atoms with van der Waals surface area (Å²) in [5.74, 6) is -0.585. The highest BCUT2D eigenvalue weighted by atomic mass is 16.8. The number of hydrogen-bond acceptors (Lipinski definition) is 5. The molecule has 142 valence electrons. The van der Waals surface area contributed by atoms with Crippen molar-refractivity contribution in [2.75, 3.05) is 6.79 Å². The van der Waals surface area contributed by atoms with Crippen LogP contribution in [0.3, 0.4) is 0 Å². The van der Waals surface area contributed by atoms with Crippen molar-refractivity contribution in [2.24, 2.45) is 10.8 Å². The molecule has 0 aromatic heterocycles. The van der Waals surface area contributed by atoms with Crippen LogP contribution in [0.15, 0.2) is 64.1 Å². The van der Waals surface area contributed by atoms with Gasteiger partial charge in [0.1, 0.15) is 0 Å². The summed E-state index contributed by atoms with van der Waals surface area (Å²) < 4.78 is 4.62. The quantitative estimate of drug-likeness (QED) is 0.106. The number of allylic oxidation sites excluding steroid dienone is 9. The first-order chi connectivity index (χ1) is 12.3. The largest absolute Gasteiger partial charge is 0.422 e. The second-order valence-electron chi connectivity index (χ2n) is 7.21. The van der Waals surface area contributed by atoms with Gasteiger partial charge in [0.2, 0.25) is 0 Å². The fourth-order valence-electron chi connectivity index (χ4n) is 3.01. The Bertz CT molecular complexity index is 663. The Balaban J connectivity index is 2.66. The SMILES string of the molecule is CC1=C(/C=C/C(C)=C/C=C/C(C)=C/C(=O)OCON=O)C(C)(C)CCC1. The molecule has 5 heteroatoms. The number of nitrogens with zero attached hydrogens (tertiary/aromatic N) is 1. The van der Waals surface area contributed by atoms with Crippen LogP contribution in [0.4, 0.5) is 0 Å². The third kappa shape index (κ3) is 7.64. The van der Waals surface area contributed by atoms with Gasteiger partial charge in [-0.2, -0.15) is 0 Å². The molecular formula is C21H29NO4. The van der Waals surface area contributed by atoms with Gasteiger partial charge in [0.15, 0.2) is 5.34 Å². The molecule has 0 radical (unpaired) electrons. The van der Waals surface area contributed by atoms with E-state index in [1.165, 1.54) is 36.5 Å². The lowest BCUT2D eigenvalue weighted by Crippen LogP contribution is -2.19. The molecule has 0 heterocycles. The third-order valence-electron chi connectivity index (χ3n) is 4.43. The average molecular weight is 359 g/mol. The normalized spacial score (nSPS) is 18.5. The standard InChI is InChI=1S/C21H29NO4/c1-16(11-12-19-18(3)10-7-13-21(19,4)5)8-6-9-17(2)14-20(23)25-15-26-22-24/h6,8-9,11-12,14H,7,10,13,15H2,1-5H3/b9-6+,12-11+,16-8+,17-14+. The van der Waals surface area contributed by atoms with E-state index in [0.29, 0.717) is 0 Å². The molecule has 0 aromatic carbocycles. The summed E-state index contributed by atoms with van der Waals surface area (Å²) in [4.78, 5) is 25.2. The summed E-state index contributed by atoms with van der Waals surface area (Å²) >= 11 is 0. The number of hydrogen-bond donors (Lipinski definition) is 0. The van der Waals surface area contributed by atoms with Crippen molar-refractivity contribution in [2.45, 2.75) is 53.9 Å². The van der Waals surface area contributed by atoms with Crippen molar-refractivity contribution in [3.05, 3.63) is 63.7 Å². The highest BCUT2D eigenvalue weighted by molar-refractivity contribution is 5.83. The Hall–Kier alpha value is -2.43. The Morgan fingerprint density at radius 2 is 1.96 bits per heavy atom. The maximum atomic E-state index is 11.4. The van der Waals surface area contributed by atoms with Crippen LogP contribution in [-0.4, -0.2) is 12.8 Å². The maximum absolute atomic E-state index is 11.4. The highest BCUT2D eigenvalue weighted by Gasteiger charge is 2.26. The summed E-state index contributed by atoms with van der Waals surface area (Å²) in [6, 6.07) is 0. The van der Waals surface area contributed by atoms with Crippen molar-refractivity contribution in [3.63, 3.8) is 0 Å². The van der Waals surface area contributed by atoms with Crippen molar-refractivity contribution in [3.8, 4) is 0 Å². The van der Waals surface area contributed by atoms with E-state index in [2.05, 4.69) is 47.8 Å². The van der Waals surface area contributed by atoms with E-state index in [1.807, 2.05) is 25.2 Å². The Kier molecular flexibility index (Phi) is 8.76. The molecule has 26 heavy (non-hydrogen) atoms. The maximum Gasteiger partial charge on any atom is 0.333 e. The van der Waals surface area contributed by atoms with E-state index < -0.39 is 12.8 Å². The predicted octanol–water partition coefficient (Wildman–Crippen LogP) is 5.72. The monoisotopic (exact) mass is 359 g/mol. The van der Waals surface area contributed by atoms with Gasteiger partial charge in [0, 0.05) is 6.08 Å². The van der Waals surface area contributed by atoms with Crippen molar-refractivity contribution < 1.29 is 14.4 Å². The Morgan fingerprint density at radius 3 is 2.62 bits per heavy atom. The minimum atomic E-state index is -0.585. The lowest BCUT2D eigenvalue weighted by molar-refractivity contribution is -0.150. The number of ether oxygens (including phenoxy) is 1. The first-order valence-electron chi connectivity index (χ1n) is 8.79. The molecule has 0 saturated carbocycles. The molecule has 0 atom stereocenters. The van der Waals surface area contributed by atoms with Gasteiger partial charge in [-0.1, -0.05) is 55.4 Å². The van der Waals surface area contributed by atoms with E-state index in [-0.39, 0.29) is 5.41 Å². The van der Waals surface area contributed by atoms with E-state index >= 15 is 0 Å². The second kappa shape index (κ2) is 10.5. The van der Waals surface area contributed by atoms with E-state index in [4.69, 9.17) is 0 Å². The van der Waals surface area contributed by atoms with Crippen LogP contribution in [0.5, 0.6) is 0 Å². The minimum absolute atomic E-state index is 0.234. The molecular weight excluding hydrogens is 330 g/mol. The average Bonchev–Trinajstić information content (AvgIpc) is 2.54. The van der Waals surface area contributed by atoms with Crippen LogP contribution in [0.1, 0.15) is 53.9 Å². The van der Waals surface area contributed by atoms with Gasteiger partial charge < -0.3 is 9.57 Å². The Morgan fingerprint density at radius 1 is 1.23 bits per heavy atom. The summed E-state index contributed by atoms with van der Waals surface area (Å²) in [5, 5.41) is 2.14. The second-order valence-corrected chi connectivity index (χ2v) is 7.21. The first-order valence-corrected chi connectivity index (χ1v) is 8.79. The lowest BCUT2D eigenvalue weighted by atomic mass is 9.72. The van der Waals surface area contributed by atoms with Gasteiger partial charge in [-0.05, 0) is 56.6 Å². The summed E-state index contributed by atoms with van der Waals surface area (Å²) in [7, 11) is 0. The molecule has 0 bridgehead atoms. The molecule has 1 rings (SSSR count). The van der Waals surface area contributed by atoms with Gasteiger partial charge in [-0.25, -0.2) is 4.79 Å². The topological polar surface area (TPSA) is 65.0 Å². The van der Waals surface area contributed by atoms with E-state index in [0.717, 1.165) is 11.1 Å². The summed E-state index contributed by atoms with van der Waals surface area (Å²) in [5.41, 5.74) is 5.01. The molecule has 0 aliphatic heterocycles. The van der Waals surface area contributed by atoms with Crippen molar-refractivity contribution in [1.29, 1.82) is 0 Å². The molecule has 0 fully saturated rings. The molecule has 0 N–H and O–H groups in total. The fourth-order valence-corrected chi connectivity index (χ4v) is 3.01. The number of carbonyl (C=O) groups excluding carboxylic acids is 1. The summed E-state index contributed by atoms with van der Waals surface area (Å²) in [6.45, 7) is 10.2. The van der Waals surface area contributed by atoms with Crippen molar-refractivity contribution in [1.82, 2.24) is 0 Å². The van der Waals surface area contributed by atoms with Crippen LogP contribution in [0.2, 0.25) is 0 Å². The van der Waals surface area contributed by atoms with Gasteiger partial charge >= 0.3 is 5.97 Å². The number of rotatable bonds is 8. The van der Waals surface area contributed by atoms with Crippen LogP contribution < -0.4 is 0 Å². The minimum Gasteiger partial charge on any atom is -0.422 e. The highest BCUT2D eigenvalue weighted by Crippen LogP contribution is 2.40. The smallest absolute Gasteiger partial charge is 0.333 e. The fraction of sp³-hybridized carbons (Fsp3) is 0.476. The van der Waals surface area contributed by atoms with Gasteiger partial charge in [-0.3, -0.25) is 0 Å². The molecule has 1 aliphatic rings. The number of carbonyl (C=O) groups is 1. The zero-order valence-electron chi connectivity index (χ0n) is 16.4. The number of esters is 1. The lowest BCUT2D eigenvalue weighted by Gasteiger charge is -2.32. The Labute approximate surface area is 156 Å². The molecule has 0 spiro atoms. The van der Waals surface area contributed by atoms with Crippen LogP contribution in [-0.2, 0) is 14.4 Å². The van der Waals surface area contributed by atoms with Crippen LogP contribution in [0, 0.1) is 10.3 Å². The molecule has 0 aromatic rings. The third-order valence-corrected chi connectivity index (χ3v) is 4.43. The molecule has 1 aliphatic carbocycles. The van der Waals surface area contributed by atoms with E-state index in [9.17, 15) is 9.70 Å².